The molecule has 0 aliphatic rings. The molecule has 0 aromatic heterocycles. The van der Waals surface area contributed by atoms with Crippen molar-refractivity contribution in [1.82, 2.24) is 0 Å². The number of hydrogen-bond acceptors (Lipinski definition) is 4. The van der Waals surface area contributed by atoms with Gasteiger partial charge in [0.25, 0.3) is 0 Å². The minimum absolute atomic E-state index is 0.461. The molecular formula is C22H16N2O2. The smallest absolute Gasteiger partial charge is 0.119 e. The molecule has 0 fully saturated rings. The summed E-state index contributed by atoms with van der Waals surface area (Å²) in [6, 6.07) is 26.3. The summed E-state index contributed by atoms with van der Waals surface area (Å²) in [5.74, 6) is 1.47. The van der Waals surface area contributed by atoms with E-state index in [4.69, 9.17) is 20.0 Å². The molecule has 26 heavy (non-hydrogen) atoms. The fourth-order valence-corrected chi connectivity index (χ4v) is 2.32. The number of benzene rings is 3. The zero-order valence-electron chi connectivity index (χ0n) is 14.1. The van der Waals surface area contributed by atoms with Gasteiger partial charge in [-0.3, -0.25) is 0 Å². The van der Waals surface area contributed by atoms with Gasteiger partial charge >= 0.3 is 0 Å². The van der Waals surface area contributed by atoms with Crippen LogP contribution >= 0.6 is 0 Å². The van der Waals surface area contributed by atoms with Gasteiger partial charge in [-0.2, -0.15) is 10.5 Å². The van der Waals surface area contributed by atoms with Crippen molar-refractivity contribution in [3.05, 3.63) is 95.1 Å². The molecule has 3 rings (SSSR count). The van der Waals surface area contributed by atoms with Crippen molar-refractivity contribution in [2.45, 2.75) is 13.2 Å². The summed E-state index contributed by atoms with van der Waals surface area (Å²) in [6.07, 6.45) is 0. The topological polar surface area (TPSA) is 66.0 Å². The second kappa shape index (κ2) is 8.37. The minimum atomic E-state index is 0.461. The van der Waals surface area contributed by atoms with E-state index in [-0.39, 0.29) is 0 Å². The van der Waals surface area contributed by atoms with Gasteiger partial charge in [-0.15, -0.1) is 0 Å². The van der Waals surface area contributed by atoms with Crippen molar-refractivity contribution in [3.63, 3.8) is 0 Å². The molecule has 0 amide bonds. The van der Waals surface area contributed by atoms with Crippen LogP contribution in [-0.4, -0.2) is 0 Å². The Labute approximate surface area is 152 Å². The van der Waals surface area contributed by atoms with Gasteiger partial charge in [0.2, 0.25) is 0 Å². The van der Waals surface area contributed by atoms with E-state index in [1.807, 2.05) is 24.3 Å². The molecule has 4 heteroatoms. The summed E-state index contributed by atoms with van der Waals surface area (Å²) in [4.78, 5) is 0. The first-order chi connectivity index (χ1) is 12.8. The summed E-state index contributed by atoms with van der Waals surface area (Å²) >= 11 is 0. The van der Waals surface area contributed by atoms with Crippen LogP contribution in [0, 0.1) is 22.7 Å². The molecule has 0 atom stereocenters. The van der Waals surface area contributed by atoms with E-state index in [9.17, 15) is 0 Å². The summed E-state index contributed by atoms with van der Waals surface area (Å²) in [5.41, 5.74) is 3.33. The van der Waals surface area contributed by atoms with Crippen molar-refractivity contribution in [3.8, 4) is 23.6 Å². The van der Waals surface area contributed by atoms with E-state index in [0.717, 1.165) is 22.6 Å². The molecular weight excluding hydrogens is 324 g/mol. The Morgan fingerprint density at radius 1 is 0.538 bits per heavy atom. The lowest BCUT2D eigenvalue weighted by Crippen LogP contribution is -1.98. The van der Waals surface area contributed by atoms with Crippen LogP contribution in [0.5, 0.6) is 11.5 Å². The van der Waals surface area contributed by atoms with E-state index < -0.39 is 0 Å². The van der Waals surface area contributed by atoms with Crippen LogP contribution in [0.1, 0.15) is 22.3 Å². The van der Waals surface area contributed by atoms with Crippen molar-refractivity contribution >= 4 is 0 Å². The van der Waals surface area contributed by atoms with Gasteiger partial charge in [0.1, 0.15) is 24.7 Å². The van der Waals surface area contributed by atoms with Crippen LogP contribution in [0.4, 0.5) is 0 Å². The van der Waals surface area contributed by atoms with Crippen molar-refractivity contribution in [1.29, 1.82) is 10.5 Å². The standard InChI is InChI=1S/C22H16N2O2/c23-13-17-5-9-21(10-6-17)25-15-19-1-2-20(4-3-19)16-26-22-11-7-18(14-24)8-12-22/h1-12H,15-16H2. The van der Waals surface area contributed by atoms with Gasteiger partial charge in [0, 0.05) is 0 Å². The molecule has 0 radical (unpaired) electrons. The average molecular weight is 340 g/mol. The average Bonchev–Trinajstić information content (AvgIpc) is 2.72. The fourth-order valence-electron chi connectivity index (χ4n) is 2.32. The number of nitrogens with zero attached hydrogens (tertiary/aromatic N) is 2. The third-order valence-corrected chi connectivity index (χ3v) is 3.80. The third-order valence-electron chi connectivity index (χ3n) is 3.80. The van der Waals surface area contributed by atoms with Gasteiger partial charge in [0.05, 0.1) is 23.3 Å². The lowest BCUT2D eigenvalue weighted by Gasteiger charge is -2.09. The maximum absolute atomic E-state index is 8.79. The molecule has 0 unspecified atom stereocenters. The zero-order valence-corrected chi connectivity index (χ0v) is 14.1. The van der Waals surface area contributed by atoms with Crippen LogP contribution in [-0.2, 0) is 13.2 Å². The van der Waals surface area contributed by atoms with Crippen LogP contribution in [0.2, 0.25) is 0 Å². The van der Waals surface area contributed by atoms with Crippen molar-refractivity contribution in [2.24, 2.45) is 0 Å². The van der Waals surface area contributed by atoms with Gasteiger partial charge < -0.3 is 9.47 Å². The monoisotopic (exact) mass is 340 g/mol. The van der Waals surface area contributed by atoms with Crippen LogP contribution in [0.15, 0.2) is 72.8 Å². The number of hydrogen-bond donors (Lipinski definition) is 0. The largest absolute Gasteiger partial charge is 0.489 e. The molecule has 0 saturated carbocycles. The second-order valence-electron chi connectivity index (χ2n) is 5.67. The highest BCUT2D eigenvalue weighted by atomic mass is 16.5. The Balaban J connectivity index is 1.51. The molecule has 3 aromatic carbocycles. The molecule has 126 valence electrons. The molecule has 3 aromatic rings. The molecule has 0 N–H and O–H groups in total. The fraction of sp³-hybridized carbons (Fsp3) is 0.0909. The Kier molecular flexibility index (Phi) is 5.50. The lowest BCUT2D eigenvalue weighted by atomic mass is 10.1. The quantitative estimate of drug-likeness (QED) is 0.658. The van der Waals surface area contributed by atoms with Crippen molar-refractivity contribution < 1.29 is 9.47 Å². The Morgan fingerprint density at radius 2 is 0.885 bits per heavy atom. The molecule has 0 aliphatic carbocycles. The highest BCUT2D eigenvalue weighted by Crippen LogP contribution is 2.16. The SMILES string of the molecule is N#Cc1ccc(OCc2ccc(COc3ccc(C#N)cc3)cc2)cc1. The van der Waals surface area contributed by atoms with Crippen LogP contribution in [0.3, 0.4) is 0 Å². The predicted octanol–water partition coefficient (Wildman–Crippen LogP) is 4.59. The second-order valence-corrected chi connectivity index (χ2v) is 5.67. The number of rotatable bonds is 6. The third kappa shape index (κ3) is 4.63. The normalized spacial score (nSPS) is 9.77. The molecule has 0 spiro atoms. The van der Waals surface area contributed by atoms with Gasteiger partial charge in [-0.05, 0) is 59.7 Å². The van der Waals surface area contributed by atoms with E-state index in [1.165, 1.54) is 0 Å². The van der Waals surface area contributed by atoms with E-state index in [0.29, 0.717) is 24.3 Å². The Hall–Kier alpha value is -3.76. The summed E-state index contributed by atoms with van der Waals surface area (Å²) < 4.78 is 11.4. The predicted molar refractivity (Wildman–Crippen MR) is 97.4 cm³/mol. The number of nitriles is 2. The first-order valence-electron chi connectivity index (χ1n) is 8.10. The molecule has 4 nitrogen and oxygen atoms in total. The van der Waals surface area contributed by atoms with Gasteiger partial charge in [-0.25, -0.2) is 0 Å². The highest BCUT2D eigenvalue weighted by molar-refractivity contribution is 5.35. The minimum Gasteiger partial charge on any atom is -0.489 e. The zero-order chi connectivity index (χ0) is 18.2. The summed E-state index contributed by atoms with van der Waals surface area (Å²) in [5, 5.41) is 17.6. The van der Waals surface area contributed by atoms with Gasteiger partial charge in [0.15, 0.2) is 0 Å². The van der Waals surface area contributed by atoms with Crippen LogP contribution in [0.25, 0.3) is 0 Å². The Bertz CT molecular complexity index is 851. The van der Waals surface area contributed by atoms with Crippen molar-refractivity contribution in [2.75, 3.05) is 0 Å². The molecule has 0 aliphatic heterocycles. The van der Waals surface area contributed by atoms with E-state index >= 15 is 0 Å². The molecule has 0 saturated heterocycles. The number of ether oxygens (including phenoxy) is 2. The summed E-state index contributed by atoms with van der Waals surface area (Å²) in [6.45, 7) is 0.922. The lowest BCUT2D eigenvalue weighted by molar-refractivity contribution is 0.302. The highest BCUT2D eigenvalue weighted by Gasteiger charge is 2.00. The van der Waals surface area contributed by atoms with Crippen LogP contribution < -0.4 is 9.47 Å². The first kappa shape index (κ1) is 17.1. The maximum Gasteiger partial charge on any atom is 0.119 e. The maximum atomic E-state index is 8.79. The van der Waals surface area contributed by atoms with Gasteiger partial charge in [-0.1, -0.05) is 24.3 Å². The summed E-state index contributed by atoms with van der Waals surface area (Å²) in [7, 11) is 0. The van der Waals surface area contributed by atoms with E-state index in [2.05, 4.69) is 12.1 Å². The first-order valence-corrected chi connectivity index (χ1v) is 8.10. The molecule has 0 bridgehead atoms. The molecule has 0 heterocycles. The Morgan fingerprint density at radius 3 is 1.19 bits per heavy atom. The van der Waals surface area contributed by atoms with E-state index in [1.54, 1.807) is 48.5 Å².